The minimum absolute atomic E-state index is 0.109. The third-order valence-corrected chi connectivity index (χ3v) is 5.95. The number of benzene rings is 2. The summed E-state index contributed by atoms with van der Waals surface area (Å²) in [6, 6.07) is 16.5. The predicted octanol–water partition coefficient (Wildman–Crippen LogP) is 4.31. The second-order valence-corrected chi connectivity index (χ2v) is 7.97. The van der Waals surface area contributed by atoms with Crippen LogP contribution in [0.5, 0.6) is 0 Å². The van der Waals surface area contributed by atoms with E-state index in [9.17, 15) is 9.59 Å². The van der Waals surface area contributed by atoms with Crippen molar-refractivity contribution in [2.45, 2.75) is 19.8 Å². The van der Waals surface area contributed by atoms with Crippen LogP contribution in [-0.4, -0.2) is 33.7 Å². The second-order valence-electron chi connectivity index (χ2n) is 7.97. The molecule has 1 fully saturated rings. The number of rotatable bonds is 3. The molecule has 2 amide bonds. The van der Waals surface area contributed by atoms with Crippen LogP contribution in [0.25, 0.3) is 32.9 Å². The standard InChI is InChI=1S/C25H21N3O2/c1-15-9-18(10-16-5-3-7-26-23(15)16)19-11-17-6-4-8-27-24(17)20(12-19)13-21-14-22(29)28(2)25(21)30/h3-12,21H,13-14H2,1-2H3. The molecular weight excluding hydrogens is 374 g/mol. The first-order chi connectivity index (χ1) is 14.5. The van der Waals surface area contributed by atoms with Crippen molar-refractivity contribution in [2.24, 2.45) is 5.92 Å². The van der Waals surface area contributed by atoms with Crippen molar-refractivity contribution in [3.63, 3.8) is 0 Å². The Hall–Kier alpha value is -3.60. The molecule has 1 unspecified atom stereocenters. The fourth-order valence-corrected chi connectivity index (χ4v) is 4.39. The summed E-state index contributed by atoms with van der Waals surface area (Å²) in [6.45, 7) is 2.07. The Balaban J connectivity index is 1.64. The molecule has 3 heterocycles. The Labute approximate surface area is 174 Å². The third kappa shape index (κ3) is 3.03. The highest BCUT2D eigenvalue weighted by Gasteiger charge is 2.36. The monoisotopic (exact) mass is 395 g/mol. The Morgan fingerprint density at radius 3 is 2.23 bits per heavy atom. The van der Waals surface area contributed by atoms with Crippen LogP contribution in [0.4, 0.5) is 0 Å². The van der Waals surface area contributed by atoms with E-state index in [4.69, 9.17) is 0 Å². The number of carbonyl (C=O) groups is 2. The van der Waals surface area contributed by atoms with Gasteiger partial charge in [0, 0.05) is 36.6 Å². The van der Waals surface area contributed by atoms with Gasteiger partial charge in [-0.05, 0) is 72.0 Å². The average molecular weight is 395 g/mol. The lowest BCUT2D eigenvalue weighted by Gasteiger charge is -2.14. The van der Waals surface area contributed by atoms with E-state index in [0.717, 1.165) is 44.1 Å². The molecular formula is C25H21N3O2. The van der Waals surface area contributed by atoms with Gasteiger partial charge >= 0.3 is 0 Å². The lowest BCUT2D eigenvalue weighted by atomic mass is 9.91. The van der Waals surface area contributed by atoms with E-state index >= 15 is 0 Å². The van der Waals surface area contributed by atoms with Gasteiger partial charge in [0.1, 0.15) is 0 Å². The number of hydrogen-bond donors (Lipinski definition) is 0. The van der Waals surface area contributed by atoms with Gasteiger partial charge in [-0.1, -0.05) is 12.1 Å². The van der Waals surface area contributed by atoms with Crippen molar-refractivity contribution in [1.29, 1.82) is 0 Å². The lowest BCUT2D eigenvalue weighted by Crippen LogP contribution is -2.26. The fraction of sp³-hybridized carbons (Fsp3) is 0.200. The molecule has 0 aliphatic carbocycles. The number of pyridine rings is 2. The Kier molecular flexibility index (Phi) is 4.31. The molecule has 0 N–H and O–H groups in total. The molecule has 0 saturated carbocycles. The van der Waals surface area contributed by atoms with Crippen molar-refractivity contribution >= 4 is 33.6 Å². The quantitative estimate of drug-likeness (QED) is 0.485. The molecule has 1 aliphatic rings. The third-order valence-electron chi connectivity index (χ3n) is 5.95. The number of aryl methyl sites for hydroxylation is 1. The van der Waals surface area contributed by atoms with Gasteiger partial charge in [-0.2, -0.15) is 0 Å². The number of hydrogen-bond acceptors (Lipinski definition) is 4. The summed E-state index contributed by atoms with van der Waals surface area (Å²) in [6.07, 6.45) is 4.34. The maximum atomic E-state index is 12.5. The predicted molar refractivity (Wildman–Crippen MR) is 117 cm³/mol. The van der Waals surface area contributed by atoms with Gasteiger partial charge < -0.3 is 0 Å². The summed E-state index contributed by atoms with van der Waals surface area (Å²) in [7, 11) is 1.56. The maximum Gasteiger partial charge on any atom is 0.232 e. The molecule has 1 aliphatic heterocycles. The second kappa shape index (κ2) is 7.02. The molecule has 5 heteroatoms. The van der Waals surface area contributed by atoms with E-state index in [2.05, 4.69) is 47.2 Å². The highest BCUT2D eigenvalue weighted by Crippen LogP contribution is 2.32. The molecule has 0 bridgehead atoms. The van der Waals surface area contributed by atoms with Crippen LogP contribution in [0, 0.1) is 12.8 Å². The normalized spacial score (nSPS) is 16.7. The van der Waals surface area contributed by atoms with Gasteiger partial charge in [-0.3, -0.25) is 24.5 Å². The number of fused-ring (bicyclic) bond motifs is 2. The van der Waals surface area contributed by atoms with Crippen molar-refractivity contribution in [1.82, 2.24) is 14.9 Å². The summed E-state index contributed by atoms with van der Waals surface area (Å²) in [4.78, 5) is 34.8. The minimum atomic E-state index is -0.328. The number of nitrogens with zero attached hydrogens (tertiary/aromatic N) is 3. The smallest absolute Gasteiger partial charge is 0.232 e. The summed E-state index contributed by atoms with van der Waals surface area (Å²) in [5, 5.41) is 2.12. The van der Waals surface area contributed by atoms with Crippen LogP contribution >= 0.6 is 0 Å². The van der Waals surface area contributed by atoms with E-state index in [-0.39, 0.29) is 24.2 Å². The molecule has 4 aromatic rings. The van der Waals surface area contributed by atoms with Crippen molar-refractivity contribution < 1.29 is 9.59 Å². The highest BCUT2D eigenvalue weighted by molar-refractivity contribution is 6.03. The molecule has 1 atom stereocenters. The Morgan fingerprint density at radius 2 is 1.57 bits per heavy atom. The van der Waals surface area contributed by atoms with Gasteiger partial charge in [0.2, 0.25) is 11.8 Å². The number of aromatic nitrogens is 2. The minimum Gasteiger partial charge on any atom is -0.285 e. The molecule has 5 rings (SSSR count). The van der Waals surface area contributed by atoms with E-state index in [1.807, 2.05) is 24.4 Å². The zero-order valence-electron chi connectivity index (χ0n) is 16.9. The van der Waals surface area contributed by atoms with Crippen molar-refractivity contribution in [3.05, 3.63) is 72.1 Å². The molecule has 2 aromatic heterocycles. The molecule has 148 valence electrons. The molecule has 1 saturated heterocycles. The largest absolute Gasteiger partial charge is 0.285 e. The number of likely N-dealkylation sites (tertiary alicyclic amines) is 1. The van der Waals surface area contributed by atoms with Crippen molar-refractivity contribution in [3.8, 4) is 11.1 Å². The van der Waals surface area contributed by atoms with E-state index in [1.54, 1.807) is 13.2 Å². The first kappa shape index (κ1) is 18.4. The van der Waals surface area contributed by atoms with E-state index in [0.29, 0.717) is 6.42 Å². The molecule has 0 spiro atoms. The first-order valence-corrected chi connectivity index (χ1v) is 10.0. The zero-order chi connectivity index (χ0) is 20.8. The van der Waals surface area contributed by atoms with Gasteiger partial charge in [0.15, 0.2) is 0 Å². The van der Waals surface area contributed by atoms with Crippen LogP contribution in [-0.2, 0) is 16.0 Å². The summed E-state index contributed by atoms with van der Waals surface area (Å²) in [5.41, 5.74) is 6.18. The SMILES string of the molecule is Cc1cc(-c2cc(CC3CC(=O)N(C)C3=O)c3ncccc3c2)cc2cccnc12. The van der Waals surface area contributed by atoms with E-state index < -0.39 is 0 Å². The topological polar surface area (TPSA) is 63.2 Å². The van der Waals surface area contributed by atoms with Crippen LogP contribution in [0.3, 0.4) is 0 Å². The van der Waals surface area contributed by atoms with Crippen LogP contribution in [0.2, 0.25) is 0 Å². The molecule has 5 nitrogen and oxygen atoms in total. The van der Waals surface area contributed by atoms with Crippen LogP contribution in [0.15, 0.2) is 60.9 Å². The fourth-order valence-electron chi connectivity index (χ4n) is 4.39. The first-order valence-electron chi connectivity index (χ1n) is 10.0. The maximum absolute atomic E-state index is 12.5. The molecule has 0 radical (unpaired) electrons. The molecule has 2 aromatic carbocycles. The van der Waals surface area contributed by atoms with Gasteiger partial charge in [0.05, 0.1) is 17.0 Å². The average Bonchev–Trinajstić information content (AvgIpc) is 3.00. The van der Waals surface area contributed by atoms with Gasteiger partial charge in [-0.25, -0.2) is 0 Å². The molecule has 30 heavy (non-hydrogen) atoms. The van der Waals surface area contributed by atoms with E-state index in [1.165, 1.54) is 4.90 Å². The van der Waals surface area contributed by atoms with Gasteiger partial charge in [0.25, 0.3) is 0 Å². The zero-order valence-corrected chi connectivity index (χ0v) is 16.9. The Morgan fingerprint density at radius 1 is 0.933 bits per heavy atom. The highest BCUT2D eigenvalue weighted by atomic mass is 16.2. The number of imide groups is 1. The lowest BCUT2D eigenvalue weighted by molar-refractivity contribution is -0.137. The summed E-state index contributed by atoms with van der Waals surface area (Å²) < 4.78 is 0. The number of amides is 2. The van der Waals surface area contributed by atoms with Gasteiger partial charge in [-0.15, -0.1) is 0 Å². The van der Waals surface area contributed by atoms with Crippen molar-refractivity contribution in [2.75, 3.05) is 7.05 Å². The Bertz CT molecular complexity index is 1330. The summed E-state index contributed by atoms with van der Waals surface area (Å²) >= 11 is 0. The van der Waals surface area contributed by atoms with Crippen LogP contribution in [0.1, 0.15) is 17.5 Å². The number of carbonyl (C=O) groups excluding carboxylic acids is 2. The van der Waals surface area contributed by atoms with Crippen LogP contribution < -0.4 is 0 Å². The summed E-state index contributed by atoms with van der Waals surface area (Å²) in [5.74, 6) is -0.552.